The Hall–Kier alpha value is -0.860. The van der Waals surface area contributed by atoms with E-state index in [9.17, 15) is 0 Å². The molecule has 2 fully saturated rings. The second kappa shape index (κ2) is 6.93. The molecule has 0 amide bonds. The van der Waals surface area contributed by atoms with Gasteiger partial charge in [0.05, 0.1) is 0 Å². The number of rotatable bonds is 6. The van der Waals surface area contributed by atoms with Crippen LogP contribution in [0.5, 0.6) is 0 Å². The topological polar surface area (TPSA) is 15.3 Å². The monoisotopic (exact) mass is 286 g/mol. The van der Waals surface area contributed by atoms with Crippen molar-refractivity contribution in [1.29, 1.82) is 0 Å². The van der Waals surface area contributed by atoms with Crippen LogP contribution in [0, 0.1) is 6.92 Å². The molecule has 3 rings (SSSR count). The Morgan fingerprint density at radius 2 is 1.90 bits per heavy atom. The summed E-state index contributed by atoms with van der Waals surface area (Å²) in [7, 11) is 0. The molecule has 2 unspecified atom stereocenters. The SMILES string of the molecule is CCC(c1ccc(C)cc1)N(CC1CCCCN1)C1CC1. The Morgan fingerprint density at radius 1 is 1.14 bits per heavy atom. The van der Waals surface area contributed by atoms with E-state index in [2.05, 4.69) is 48.3 Å². The molecule has 0 radical (unpaired) electrons. The first kappa shape index (κ1) is 15.1. The molecular weight excluding hydrogens is 256 g/mol. The van der Waals surface area contributed by atoms with Gasteiger partial charge in [-0.3, -0.25) is 4.90 Å². The predicted molar refractivity (Wildman–Crippen MR) is 89.6 cm³/mol. The fourth-order valence-electron chi connectivity index (χ4n) is 3.72. The van der Waals surface area contributed by atoms with Gasteiger partial charge in [0, 0.05) is 24.7 Å². The van der Waals surface area contributed by atoms with Crippen LogP contribution in [-0.2, 0) is 0 Å². The quantitative estimate of drug-likeness (QED) is 0.848. The first-order valence-corrected chi connectivity index (χ1v) is 8.83. The number of aryl methyl sites for hydroxylation is 1. The van der Waals surface area contributed by atoms with Crippen molar-refractivity contribution in [3.63, 3.8) is 0 Å². The fraction of sp³-hybridized carbons (Fsp3) is 0.684. The Labute approximate surface area is 129 Å². The molecule has 2 nitrogen and oxygen atoms in total. The summed E-state index contributed by atoms with van der Waals surface area (Å²) < 4.78 is 0. The van der Waals surface area contributed by atoms with E-state index < -0.39 is 0 Å². The van der Waals surface area contributed by atoms with Gasteiger partial charge in [0.15, 0.2) is 0 Å². The highest BCUT2D eigenvalue weighted by atomic mass is 15.2. The van der Waals surface area contributed by atoms with Gasteiger partial charge in [-0.15, -0.1) is 0 Å². The second-order valence-electron chi connectivity index (χ2n) is 6.91. The molecule has 2 atom stereocenters. The van der Waals surface area contributed by atoms with Crippen molar-refractivity contribution in [2.75, 3.05) is 13.1 Å². The predicted octanol–water partition coefficient (Wildman–Crippen LogP) is 4.05. The van der Waals surface area contributed by atoms with Crippen LogP contribution in [0.1, 0.15) is 62.6 Å². The van der Waals surface area contributed by atoms with Crippen LogP contribution in [0.2, 0.25) is 0 Å². The van der Waals surface area contributed by atoms with E-state index in [1.165, 1.54) is 62.7 Å². The van der Waals surface area contributed by atoms with E-state index in [-0.39, 0.29) is 0 Å². The van der Waals surface area contributed by atoms with E-state index in [1.807, 2.05) is 0 Å². The molecule has 21 heavy (non-hydrogen) atoms. The molecule has 1 aliphatic heterocycles. The molecule has 116 valence electrons. The third-order valence-corrected chi connectivity index (χ3v) is 5.11. The van der Waals surface area contributed by atoms with Crippen molar-refractivity contribution in [3.05, 3.63) is 35.4 Å². The number of piperidine rings is 1. The molecular formula is C19H30N2. The highest BCUT2D eigenvalue weighted by molar-refractivity contribution is 5.24. The molecule has 1 saturated heterocycles. The van der Waals surface area contributed by atoms with Crippen molar-refractivity contribution < 1.29 is 0 Å². The van der Waals surface area contributed by atoms with Crippen LogP contribution in [0.3, 0.4) is 0 Å². The lowest BCUT2D eigenvalue weighted by molar-refractivity contribution is 0.152. The van der Waals surface area contributed by atoms with Crippen molar-refractivity contribution in [2.45, 2.75) is 70.5 Å². The van der Waals surface area contributed by atoms with Gasteiger partial charge in [0.1, 0.15) is 0 Å². The third kappa shape index (κ3) is 3.87. The molecule has 0 aromatic heterocycles. The normalized spacial score (nSPS) is 24.2. The van der Waals surface area contributed by atoms with Gasteiger partial charge in [-0.05, 0) is 51.1 Å². The summed E-state index contributed by atoms with van der Waals surface area (Å²) in [5.74, 6) is 0. The summed E-state index contributed by atoms with van der Waals surface area (Å²) in [5.41, 5.74) is 2.87. The fourth-order valence-corrected chi connectivity index (χ4v) is 3.72. The zero-order chi connectivity index (χ0) is 14.7. The molecule has 0 spiro atoms. The molecule has 1 aromatic carbocycles. The average molecular weight is 286 g/mol. The maximum absolute atomic E-state index is 3.73. The maximum atomic E-state index is 3.73. The van der Waals surface area contributed by atoms with E-state index in [4.69, 9.17) is 0 Å². The summed E-state index contributed by atoms with van der Waals surface area (Å²) in [6.07, 6.45) is 8.12. The number of hydrogen-bond donors (Lipinski definition) is 1. The van der Waals surface area contributed by atoms with Crippen LogP contribution in [0.25, 0.3) is 0 Å². The molecule has 2 aliphatic rings. The number of benzene rings is 1. The second-order valence-corrected chi connectivity index (χ2v) is 6.91. The average Bonchev–Trinajstić information content (AvgIpc) is 3.34. The standard InChI is InChI=1S/C19H30N2/c1-3-19(16-9-7-15(2)8-10-16)21(18-11-12-18)14-17-6-4-5-13-20-17/h7-10,17-20H,3-6,11-14H2,1-2H3. The van der Waals surface area contributed by atoms with Gasteiger partial charge < -0.3 is 5.32 Å². The van der Waals surface area contributed by atoms with Gasteiger partial charge in [-0.2, -0.15) is 0 Å². The van der Waals surface area contributed by atoms with Gasteiger partial charge in [-0.25, -0.2) is 0 Å². The van der Waals surface area contributed by atoms with Crippen LogP contribution >= 0.6 is 0 Å². The third-order valence-electron chi connectivity index (χ3n) is 5.11. The van der Waals surface area contributed by atoms with E-state index in [1.54, 1.807) is 0 Å². The van der Waals surface area contributed by atoms with Crippen LogP contribution in [0.15, 0.2) is 24.3 Å². The summed E-state index contributed by atoms with van der Waals surface area (Å²) in [6.45, 7) is 6.96. The summed E-state index contributed by atoms with van der Waals surface area (Å²) in [4.78, 5) is 2.80. The molecule has 0 bridgehead atoms. The Bertz CT molecular complexity index is 429. The zero-order valence-electron chi connectivity index (χ0n) is 13.6. The van der Waals surface area contributed by atoms with Crippen LogP contribution in [0.4, 0.5) is 0 Å². The van der Waals surface area contributed by atoms with Crippen molar-refractivity contribution in [1.82, 2.24) is 10.2 Å². The minimum atomic E-state index is 0.599. The minimum Gasteiger partial charge on any atom is -0.313 e. The molecule has 1 heterocycles. The van der Waals surface area contributed by atoms with E-state index >= 15 is 0 Å². The van der Waals surface area contributed by atoms with Gasteiger partial charge in [0.2, 0.25) is 0 Å². The lowest BCUT2D eigenvalue weighted by Gasteiger charge is -2.36. The Balaban J connectivity index is 1.72. The van der Waals surface area contributed by atoms with Crippen molar-refractivity contribution >= 4 is 0 Å². The molecule has 1 N–H and O–H groups in total. The highest BCUT2D eigenvalue weighted by Gasteiger charge is 2.35. The summed E-state index contributed by atoms with van der Waals surface area (Å²) in [6, 6.07) is 11.4. The first-order valence-electron chi connectivity index (χ1n) is 8.83. The highest BCUT2D eigenvalue weighted by Crippen LogP contribution is 2.36. The lowest BCUT2D eigenvalue weighted by Crippen LogP contribution is -2.45. The molecule has 1 aromatic rings. The van der Waals surface area contributed by atoms with Crippen molar-refractivity contribution in [3.8, 4) is 0 Å². The molecule has 2 heteroatoms. The van der Waals surface area contributed by atoms with Gasteiger partial charge in [-0.1, -0.05) is 43.2 Å². The molecule has 1 saturated carbocycles. The zero-order valence-corrected chi connectivity index (χ0v) is 13.6. The number of hydrogen-bond acceptors (Lipinski definition) is 2. The van der Waals surface area contributed by atoms with Crippen LogP contribution < -0.4 is 5.32 Å². The summed E-state index contributed by atoms with van der Waals surface area (Å²) >= 11 is 0. The Morgan fingerprint density at radius 3 is 2.48 bits per heavy atom. The van der Waals surface area contributed by atoms with E-state index in [0.717, 1.165) is 6.04 Å². The largest absolute Gasteiger partial charge is 0.313 e. The van der Waals surface area contributed by atoms with Crippen LogP contribution in [-0.4, -0.2) is 30.1 Å². The van der Waals surface area contributed by atoms with Gasteiger partial charge in [0.25, 0.3) is 0 Å². The van der Waals surface area contributed by atoms with Gasteiger partial charge >= 0.3 is 0 Å². The maximum Gasteiger partial charge on any atom is 0.0349 e. The van der Waals surface area contributed by atoms with Crippen molar-refractivity contribution in [2.24, 2.45) is 0 Å². The Kier molecular flexibility index (Phi) is 4.97. The van der Waals surface area contributed by atoms with E-state index in [0.29, 0.717) is 12.1 Å². The molecule has 1 aliphatic carbocycles. The number of nitrogens with one attached hydrogen (secondary N) is 1. The smallest absolute Gasteiger partial charge is 0.0349 e. The minimum absolute atomic E-state index is 0.599. The number of nitrogens with zero attached hydrogens (tertiary/aromatic N) is 1. The first-order chi connectivity index (χ1) is 10.3. The summed E-state index contributed by atoms with van der Waals surface area (Å²) in [5, 5.41) is 3.73. The lowest BCUT2D eigenvalue weighted by atomic mass is 9.98.